The predicted molar refractivity (Wildman–Crippen MR) is 113 cm³/mol. The Morgan fingerprint density at radius 2 is 1.68 bits per heavy atom. The van der Waals surface area contributed by atoms with Gasteiger partial charge >= 0.3 is 0 Å². The Balaban J connectivity index is 1.58. The highest BCUT2D eigenvalue weighted by atomic mass is 32.2. The normalized spacial score (nSPS) is 10.9. The Bertz CT molecular complexity index is 1150. The van der Waals surface area contributed by atoms with Gasteiger partial charge in [-0.3, -0.25) is 0 Å². The van der Waals surface area contributed by atoms with Gasteiger partial charge in [-0.05, 0) is 34.9 Å². The summed E-state index contributed by atoms with van der Waals surface area (Å²) in [4.78, 5) is 0. The van der Waals surface area contributed by atoms with E-state index in [9.17, 15) is 5.26 Å². The van der Waals surface area contributed by atoms with Crippen molar-refractivity contribution in [3.05, 3.63) is 89.2 Å². The van der Waals surface area contributed by atoms with Crippen LogP contribution in [0.3, 0.4) is 0 Å². The van der Waals surface area contributed by atoms with Gasteiger partial charge in [0.05, 0.1) is 11.6 Å². The van der Waals surface area contributed by atoms with Crippen molar-refractivity contribution in [1.82, 2.24) is 14.8 Å². The van der Waals surface area contributed by atoms with Crippen molar-refractivity contribution >= 4 is 22.5 Å². The van der Waals surface area contributed by atoms with E-state index in [-0.39, 0.29) is 0 Å². The van der Waals surface area contributed by atoms with E-state index in [1.54, 1.807) is 11.8 Å². The van der Waals surface area contributed by atoms with E-state index in [0.29, 0.717) is 11.3 Å². The lowest BCUT2D eigenvalue weighted by Gasteiger charge is -2.09. The van der Waals surface area contributed by atoms with E-state index in [0.717, 1.165) is 29.5 Å². The zero-order chi connectivity index (χ0) is 19.3. The van der Waals surface area contributed by atoms with Crippen LogP contribution in [0.2, 0.25) is 0 Å². The van der Waals surface area contributed by atoms with Crippen LogP contribution in [0.1, 0.15) is 29.4 Å². The summed E-state index contributed by atoms with van der Waals surface area (Å²) in [5, 5.41) is 21.6. The average molecular weight is 385 g/mol. The van der Waals surface area contributed by atoms with Crippen molar-refractivity contribution in [3.8, 4) is 6.07 Å². The number of fused-ring (bicyclic) bond motifs is 1. The molecule has 28 heavy (non-hydrogen) atoms. The number of benzene rings is 3. The molecule has 138 valence electrons. The van der Waals surface area contributed by atoms with Crippen LogP contribution in [-0.2, 0) is 18.7 Å². The van der Waals surface area contributed by atoms with Crippen molar-refractivity contribution in [2.45, 2.75) is 30.8 Å². The average Bonchev–Trinajstić information content (AvgIpc) is 3.14. The molecular formula is C23H20N4S. The molecule has 0 saturated carbocycles. The lowest BCUT2D eigenvalue weighted by Crippen LogP contribution is -2.04. The van der Waals surface area contributed by atoms with Crippen LogP contribution in [0.4, 0.5) is 0 Å². The number of aromatic nitrogens is 3. The maximum Gasteiger partial charge on any atom is 0.191 e. The summed E-state index contributed by atoms with van der Waals surface area (Å²) in [6.45, 7) is 2.93. The molecule has 1 heterocycles. The minimum Gasteiger partial charge on any atom is -0.306 e. The zero-order valence-corrected chi connectivity index (χ0v) is 16.5. The minimum absolute atomic E-state index is 0.704. The van der Waals surface area contributed by atoms with Gasteiger partial charge in [0.15, 0.2) is 5.16 Å². The van der Waals surface area contributed by atoms with Crippen molar-refractivity contribution in [1.29, 1.82) is 5.26 Å². The number of thioether (sulfide) groups is 1. The lowest BCUT2D eigenvalue weighted by molar-refractivity contribution is 0.651. The second kappa shape index (κ2) is 8.28. The Labute approximate surface area is 168 Å². The SMILES string of the molecule is CCn1c(Cc2cccc3ccccc23)nnc1SCc1ccccc1C#N. The van der Waals surface area contributed by atoms with Gasteiger partial charge in [0.1, 0.15) is 5.82 Å². The van der Waals surface area contributed by atoms with Gasteiger partial charge in [-0.15, -0.1) is 10.2 Å². The van der Waals surface area contributed by atoms with Gasteiger partial charge in [-0.2, -0.15) is 5.26 Å². The summed E-state index contributed by atoms with van der Waals surface area (Å²) in [7, 11) is 0. The molecule has 4 aromatic rings. The van der Waals surface area contributed by atoms with Crippen LogP contribution in [0.15, 0.2) is 71.9 Å². The van der Waals surface area contributed by atoms with Crippen molar-refractivity contribution in [2.24, 2.45) is 0 Å². The van der Waals surface area contributed by atoms with Crippen LogP contribution >= 0.6 is 11.8 Å². The Morgan fingerprint density at radius 3 is 2.54 bits per heavy atom. The molecule has 0 atom stereocenters. The molecule has 4 rings (SSSR count). The molecule has 0 aliphatic rings. The molecule has 0 fully saturated rings. The summed E-state index contributed by atoms with van der Waals surface area (Å²) in [5.74, 6) is 1.67. The summed E-state index contributed by atoms with van der Waals surface area (Å²) in [6.07, 6.45) is 0.748. The third-order valence-corrected chi connectivity index (χ3v) is 5.85. The third kappa shape index (κ3) is 3.64. The maximum atomic E-state index is 9.28. The first-order chi connectivity index (χ1) is 13.8. The quantitative estimate of drug-likeness (QED) is 0.428. The molecule has 0 amide bonds. The highest BCUT2D eigenvalue weighted by Crippen LogP contribution is 2.26. The number of hydrogen-bond acceptors (Lipinski definition) is 4. The summed E-state index contributed by atoms with van der Waals surface area (Å²) in [5.41, 5.74) is 3.00. The van der Waals surface area contributed by atoms with E-state index in [2.05, 4.69) is 70.2 Å². The third-order valence-electron chi connectivity index (χ3n) is 4.83. The maximum absolute atomic E-state index is 9.28. The smallest absolute Gasteiger partial charge is 0.191 e. The largest absolute Gasteiger partial charge is 0.306 e. The molecule has 0 saturated heterocycles. The molecule has 0 unspecified atom stereocenters. The van der Waals surface area contributed by atoms with Gasteiger partial charge < -0.3 is 4.57 Å². The topological polar surface area (TPSA) is 54.5 Å². The number of rotatable bonds is 6. The fourth-order valence-corrected chi connectivity index (χ4v) is 4.41. The molecular weight excluding hydrogens is 364 g/mol. The first kappa shape index (κ1) is 18.3. The minimum atomic E-state index is 0.704. The molecule has 0 bridgehead atoms. The summed E-state index contributed by atoms with van der Waals surface area (Å²) >= 11 is 1.63. The van der Waals surface area contributed by atoms with E-state index >= 15 is 0 Å². The van der Waals surface area contributed by atoms with Crippen molar-refractivity contribution in [3.63, 3.8) is 0 Å². The van der Waals surface area contributed by atoms with Gasteiger partial charge in [-0.25, -0.2) is 0 Å². The molecule has 0 aliphatic carbocycles. The Morgan fingerprint density at radius 1 is 0.929 bits per heavy atom. The van der Waals surface area contributed by atoms with Crippen LogP contribution in [0.25, 0.3) is 10.8 Å². The van der Waals surface area contributed by atoms with Gasteiger partial charge in [0, 0.05) is 18.7 Å². The molecule has 5 heteroatoms. The van der Waals surface area contributed by atoms with Crippen LogP contribution < -0.4 is 0 Å². The van der Waals surface area contributed by atoms with Crippen LogP contribution in [0, 0.1) is 11.3 Å². The van der Waals surface area contributed by atoms with E-state index in [4.69, 9.17) is 0 Å². The number of nitrogens with zero attached hydrogens (tertiary/aromatic N) is 4. The summed E-state index contributed by atoms with van der Waals surface area (Å²) in [6, 6.07) is 24.8. The van der Waals surface area contributed by atoms with E-state index in [1.807, 2.05) is 24.3 Å². The van der Waals surface area contributed by atoms with Crippen LogP contribution in [0.5, 0.6) is 0 Å². The monoisotopic (exact) mass is 384 g/mol. The lowest BCUT2D eigenvalue weighted by atomic mass is 10.0. The molecule has 0 N–H and O–H groups in total. The number of nitriles is 1. The fourth-order valence-electron chi connectivity index (χ4n) is 3.39. The van der Waals surface area contributed by atoms with E-state index < -0.39 is 0 Å². The zero-order valence-electron chi connectivity index (χ0n) is 15.7. The van der Waals surface area contributed by atoms with Gasteiger partial charge in [0.2, 0.25) is 0 Å². The fraction of sp³-hybridized carbons (Fsp3) is 0.174. The predicted octanol–water partition coefficient (Wildman–Crippen LogP) is 5.21. The Kier molecular flexibility index (Phi) is 5.41. The first-order valence-corrected chi connectivity index (χ1v) is 10.3. The highest BCUT2D eigenvalue weighted by Gasteiger charge is 2.14. The summed E-state index contributed by atoms with van der Waals surface area (Å²) < 4.78 is 2.17. The standard InChI is InChI=1S/C23H20N4S/c1-2-27-22(14-18-12-7-11-17-8-5-6-13-21(17)18)25-26-23(27)28-16-20-10-4-3-9-19(20)15-24/h3-13H,2,14,16H2,1H3. The second-order valence-electron chi connectivity index (χ2n) is 6.52. The molecule has 0 spiro atoms. The van der Waals surface area contributed by atoms with Gasteiger partial charge in [-0.1, -0.05) is 72.4 Å². The molecule has 4 nitrogen and oxygen atoms in total. The highest BCUT2D eigenvalue weighted by molar-refractivity contribution is 7.98. The molecule has 3 aromatic carbocycles. The molecule has 1 aromatic heterocycles. The van der Waals surface area contributed by atoms with Crippen molar-refractivity contribution in [2.75, 3.05) is 0 Å². The van der Waals surface area contributed by atoms with Gasteiger partial charge in [0.25, 0.3) is 0 Å². The van der Waals surface area contributed by atoms with E-state index in [1.165, 1.54) is 16.3 Å². The van der Waals surface area contributed by atoms with Crippen LogP contribution in [-0.4, -0.2) is 14.8 Å². The second-order valence-corrected chi connectivity index (χ2v) is 7.46. The van der Waals surface area contributed by atoms with Crippen molar-refractivity contribution < 1.29 is 0 Å². The molecule has 0 radical (unpaired) electrons. The Hall–Kier alpha value is -3.10. The first-order valence-electron chi connectivity index (χ1n) is 9.29. The molecule has 0 aliphatic heterocycles. The number of hydrogen-bond donors (Lipinski definition) is 0.